The van der Waals surface area contributed by atoms with Gasteiger partial charge in [0.25, 0.3) is 0 Å². The van der Waals surface area contributed by atoms with Crippen molar-refractivity contribution < 1.29 is 20.1 Å². The molecular formula is C41H51N3O4. The molecule has 5 atom stereocenters. The van der Waals surface area contributed by atoms with Crippen molar-refractivity contribution in [1.29, 1.82) is 0 Å². The number of hydrogen-bond donors (Lipinski definition) is 3. The molecule has 1 amide bonds. The van der Waals surface area contributed by atoms with Crippen molar-refractivity contribution >= 4 is 23.1 Å². The van der Waals surface area contributed by atoms with Crippen LogP contribution in [0.1, 0.15) is 55.2 Å². The van der Waals surface area contributed by atoms with E-state index in [1.165, 1.54) is 16.7 Å². The number of rotatable bonds is 15. The second kappa shape index (κ2) is 17.4. The van der Waals surface area contributed by atoms with E-state index in [1.54, 1.807) is 6.08 Å². The summed E-state index contributed by atoms with van der Waals surface area (Å²) < 4.78 is 0. The molecule has 1 fully saturated rings. The van der Waals surface area contributed by atoms with Gasteiger partial charge in [-0.05, 0) is 87.3 Å². The molecule has 0 spiro atoms. The summed E-state index contributed by atoms with van der Waals surface area (Å²) in [5.74, 6) is 0.585. The van der Waals surface area contributed by atoms with Crippen molar-refractivity contribution in [3.05, 3.63) is 120 Å². The van der Waals surface area contributed by atoms with Crippen LogP contribution in [0.5, 0.6) is 0 Å². The number of unbranched alkanes of at least 4 members (excludes halogenated alkanes) is 1. The minimum atomic E-state index is -0.627. The number of aliphatic hydroxyl groups is 3. The zero-order valence-corrected chi connectivity index (χ0v) is 28.4. The van der Waals surface area contributed by atoms with Crippen LogP contribution in [0, 0.1) is 25.7 Å². The number of aliphatic imine (C=N–C) groups is 1. The van der Waals surface area contributed by atoms with Crippen LogP contribution >= 0.6 is 0 Å². The van der Waals surface area contributed by atoms with Gasteiger partial charge in [0, 0.05) is 36.7 Å². The van der Waals surface area contributed by atoms with Crippen LogP contribution in [0.15, 0.2) is 108 Å². The second-order valence-corrected chi connectivity index (χ2v) is 13.3. The first-order chi connectivity index (χ1) is 23.3. The topological polar surface area (TPSA) is 96.6 Å². The second-order valence-electron chi connectivity index (χ2n) is 13.3. The molecule has 1 saturated carbocycles. The lowest BCUT2D eigenvalue weighted by Gasteiger charge is -2.28. The number of aryl methyl sites for hydroxylation is 3. The highest BCUT2D eigenvalue weighted by Crippen LogP contribution is 2.36. The van der Waals surface area contributed by atoms with E-state index in [-0.39, 0.29) is 17.7 Å². The van der Waals surface area contributed by atoms with E-state index in [0.717, 1.165) is 36.5 Å². The van der Waals surface area contributed by atoms with Crippen LogP contribution < -0.4 is 4.90 Å². The average molecular weight is 650 g/mol. The summed E-state index contributed by atoms with van der Waals surface area (Å²) >= 11 is 0. The fourth-order valence-electron chi connectivity index (χ4n) is 6.79. The molecule has 254 valence electrons. The van der Waals surface area contributed by atoms with Crippen molar-refractivity contribution in [2.75, 3.05) is 24.5 Å². The van der Waals surface area contributed by atoms with Crippen LogP contribution in [0.3, 0.4) is 0 Å². The van der Waals surface area contributed by atoms with E-state index in [9.17, 15) is 20.1 Å². The Hall–Kier alpha value is -4.04. The number of hydrogen-bond acceptors (Lipinski definition) is 6. The van der Waals surface area contributed by atoms with E-state index >= 15 is 0 Å². The lowest BCUT2D eigenvalue weighted by molar-refractivity contribution is -0.127. The van der Waals surface area contributed by atoms with E-state index in [4.69, 9.17) is 4.99 Å². The number of allylic oxidation sites excluding steroid dienone is 2. The van der Waals surface area contributed by atoms with Gasteiger partial charge in [-0.25, -0.2) is 0 Å². The predicted molar refractivity (Wildman–Crippen MR) is 195 cm³/mol. The first kappa shape index (κ1) is 35.3. The number of nitrogens with zero attached hydrogens (tertiary/aromatic N) is 3. The zero-order valence-electron chi connectivity index (χ0n) is 28.4. The molecule has 3 N–H and O–H groups in total. The molecule has 7 nitrogen and oxygen atoms in total. The summed E-state index contributed by atoms with van der Waals surface area (Å²) in [6, 6.07) is 26.9. The SMILES string of the molecule is Cc1ccc(N(CC2=NCCN2C(=O)CCC/C=C\C[C@@H]2[C@@H](/C=C/[C@@H](O)CCc3ccccc3)[C@H](O)C[C@@H]2O)c2cccc(C)c2)cc1. The number of benzene rings is 3. The number of amidine groups is 1. The lowest BCUT2D eigenvalue weighted by Crippen LogP contribution is -2.40. The number of amides is 1. The molecule has 0 unspecified atom stereocenters. The Kier molecular flexibility index (Phi) is 12.8. The molecular weight excluding hydrogens is 598 g/mol. The maximum atomic E-state index is 13.3. The van der Waals surface area contributed by atoms with Gasteiger partial charge in [-0.3, -0.25) is 14.7 Å². The zero-order chi connectivity index (χ0) is 33.9. The van der Waals surface area contributed by atoms with E-state index in [1.807, 2.05) is 29.2 Å². The number of anilines is 2. The molecule has 1 heterocycles. The third-order valence-corrected chi connectivity index (χ3v) is 9.57. The summed E-state index contributed by atoms with van der Waals surface area (Å²) in [5.41, 5.74) is 5.70. The molecule has 2 aliphatic rings. The van der Waals surface area contributed by atoms with Crippen molar-refractivity contribution in [3.63, 3.8) is 0 Å². The predicted octanol–water partition coefficient (Wildman–Crippen LogP) is 6.71. The molecule has 3 aromatic rings. The van der Waals surface area contributed by atoms with Gasteiger partial charge in [0.2, 0.25) is 5.91 Å². The van der Waals surface area contributed by atoms with Crippen LogP contribution in [-0.2, 0) is 11.2 Å². The van der Waals surface area contributed by atoms with Crippen molar-refractivity contribution in [2.24, 2.45) is 16.8 Å². The smallest absolute Gasteiger partial charge is 0.228 e. The first-order valence-electron chi connectivity index (χ1n) is 17.4. The maximum Gasteiger partial charge on any atom is 0.228 e. The van der Waals surface area contributed by atoms with Crippen LogP contribution in [0.2, 0.25) is 0 Å². The molecule has 1 aliphatic carbocycles. The van der Waals surface area contributed by atoms with Gasteiger partial charge in [-0.15, -0.1) is 0 Å². The standard InChI is InChI=1S/C41H51N3O4/c1-30-17-20-33(21-18-30)44(34-14-10-11-31(2)27-34)29-40-42-25-26-43(40)41(48)16-9-4-3-8-15-36-37(39(47)28-38(36)46)24-23-35(45)22-19-32-12-6-5-7-13-32/h3,5-8,10-14,17-18,20-21,23-24,27,35-39,45-47H,4,9,15-16,19,22,25-26,28-29H2,1-2H3/b8-3-,24-23+/t35-,36+,37+,38-,39+/m0/s1. The van der Waals surface area contributed by atoms with Gasteiger partial charge in [-0.1, -0.05) is 84.5 Å². The average Bonchev–Trinajstić information content (AvgIpc) is 3.66. The first-order valence-corrected chi connectivity index (χ1v) is 17.4. The van der Waals surface area contributed by atoms with Crippen molar-refractivity contribution in [1.82, 2.24) is 4.90 Å². The summed E-state index contributed by atoms with van der Waals surface area (Å²) in [7, 11) is 0. The molecule has 0 saturated heterocycles. The quantitative estimate of drug-likeness (QED) is 0.126. The Labute approximate surface area is 286 Å². The molecule has 3 aromatic carbocycles. The van der Waals surface area contributed by atoms with Crippen LogP contribution in [0.4, 0.5) is 11.4 Å². The van der Waals surface area contributed by atoms with Gasteiger partial charge in [0.15, 0.2) is 0 Å². The number of aliphatic hydroxyl groups excluding tert-OH is 3. The van der Waals surface area contributed by atoms with E-state index < -0.39 is 18.3 Å². The minimum absolute atomic E-state index is 0.0955. The van der Waals surface area contributed by atoms with E-state index in [0.29, 0.717) is 45.3 Å². The molecule has 0 radical (unpaired) electrons. The highest BCUT2D eigenvalue weighted by atomic mass is 16.3. The third kappa shape index (κ3) is 9.75. The van der Waals surface area contributed by atoms with Crippen molar-refractivity contribution in [2.45, 2.75) is 77.1 Å². The van der Waals surface area contributed by atoms with E-state index in [2.05, 4.69) is 91.6 Å². The van der Waals surface area contributed by atoms with Gasteiger partial charge in [0.05, 0.1) is 31.4 Å². The molecule has 7 heteroatoms. The summed E-state index contributed by atoms with van der Waals surface area (Å²) in [5, 5.41) is 31.8. The Morgan fingerprint density at radius 2 is 1.75 bits per heavy atom. The number of carbonyl (C=O) groups is 1. The summed E-state index contributed by atoms with van der Waals surface area (Å²) in [6.45, 7) is 5.91. The highest BCUT2D eigenvalue weighted by molar-refractivity contribution is 6.02. The fourth-order valence-corrected chi connectivity index (χ4v) is 6.79. The van der Waals surface area contributed by atoms with Gasteiger partial charge < -0.3 is 20.2 Å². The Morgan fingerprint density at radius 1 is 0.958 bits per heavy atom. The van der Waals surface area contributed by atoms with Gasteiger partial charge in [0.1, 0.15) is 5.84 Å². The van der Waals surface area contributed by atoms with Crippen molar-refractivity contribution in [3.8, 4) is 0 Å². The Balaban J connectivity index is 1.09. The molecule has 48 heavy (non-hydrogen) atoms. The molecule has 0 bridgehead atoms. The fraction of sp³-hybridized carbons (Fsp3) is 0.415. The Morgan fingerprint density at radius 3 is 2.52 bits per heavy atom. The lowest BCUT2D eigenvalue weighted by atomic mass is 9.89. The molecule has 5 rings (SSSR count). The monoisotopic (exact) mass is 649 g/mol. The number of carbonyl (C=O) groups excluding carboxylic acids is 1. The highest BCUT2D eigenvalue weighted by Gasteiger charge is 2.39. The van der Waals surface area contributed by atoms with Crippen LogP contribution in [-0.4, -0.2) is 69.9 Å². The molecule has 1 aliphatic heterocycles. The van der Waals surface area contributed by atoms with Gasteiger partial charge >= 0.3 is 0 Å². The van der Waals surface area contributed by atoms with Gasteiger partial charge in [-0.2, -0.15) is 0 Å². The third-order valence-electron chi connectivity index (χ3n) is 9.57. The Bertz CT molecular complexity index is 1550. The summed E-state index contributed by atoms with van der Waals surface area (Å²) in [4.78, 5) is 22.2. The maximum absolute atomic E-state index is 13.3. The minimum Gasteiger partial charge on any atom is -0.393 e. The van der Waals surface area contributed by atoms with Crippen LogP contribution in [0.25, 0.3) is 0 Å². The largest absolute Gasteiger partial charge is 0.393 e. The molecule has 0 aromatic heterocycles. The normalized spacial score (nSPS) is 21.7. The summed E-state index contributed by atoms with van der Waals surface area (Å²) in [6.07, 6.45) is 10.3.